The topological polar surface area (TPSA) is 6.25 Å². The van der Waals surface area contributed by atoms with Crippen LogP contribution in [0.2, 0.25) is 0 Å². The van der Waals surface area contributed by atoms with Crippen molar-refractivity contribution in [3.8, 4) is 0 Å². The first-order valence-corrected chi connectivity index (χ1v) is 16.1. The summed E-state index contributed by atoms with van der Waals surface area (Å²) < 4.78 is 2.53. The van der Waals surface area contributed by atoms with E-state index in [-0.39, 0.29) is 16.2 Å². The van der Waals surface area contributed by atoms with Crippen LogP contribution in [0.3, 0.4) is 0 Å². The molecule has 0 aromatic heterocycles. The van der Waals surface area contributed by atoms with Crippen LogP contribution in [0.15, 0.2) is 108 Å². The highest BCUT2D eigenvalue weighted by atomic mass is 15.2. The third-order valence-electron chi connectivity index (χ3n) is 9.36. The molecule has 0 bridgehead atoms. The second-order valence-corrected chi connectivity index (χ2v) is 14.2. The first-order chi connectivity index (χ1) is 20.0. The van der Waals surface area contributed by atoms with Crippen molar-refractivity contribution in [2.45, 2.75) is 91.9 Å². The van der Waals surface area contributed by atoms with Crippen molar-refractivity contribution >= 4 is 17.1 Å². The van der Waals surface area contributed by atoms with Crippen molar-refractivity contribution in [2.24, 2.45) is 5.41 Å². The minimum absolute atomic E-state index is 0.00315. The zero-order chi connectivity index (χ0) is 30.1. The second-order valence-electron chi connectivity index (χ2n) is 14.2. The van der Waals surface area contributed by atoms with Gasteiger partial charge in [-0.15, -0.1) is 0 Å². The summed E-state index contributed by atoms with van der Waals surface area (Å²) in [7, 11) is 0. The number of para-hydroxylation sites is 2. The lowest BCUT2D eigenvalue weighted by Crippen LogP contribution is -2.27. The summed E-state index contributed by atoms with van der Waals surface area (Å²) in [6.45, 7) is 20.9. The maximum Gasteiger partial charge on any atom is 0.209 e. The predicted molar refractivity (Wildman–Crippen MR) is 182 cm³/mol. The molecule has 0 amide bonds. The van der Waals surface area contributed by atoms with Gasteiger partial charge in [0.15, 0.2) is 5.71 Å². The van der Waals surface area contributed by atoms with Gasteiger partial charge >= 0.3 is 0 Å². The van der Waals surface area contributed by atoms with Gasteiger partial charge in [-0.3, -0.25) is 0 Å². The van der Waals surface area contributed by atoms with E-state index in [1.807, 2.05) is 0 Å². The normalized spacial score (nSPS) is 22.5. The summed E-state index contributed by atoms with van der Waals surface area (Å²) in [5.41, 5.74) is 11.4. The fourth-order valence-corrected chi connectivity index (χ4v) is 7.46. The highest BCUT2D eigenvalue weighted by Gasteiger charge is 2.43. The Morgan fingerprint density at radius 3 is 2.19 bits per heavy atom. The molecule has 5 rings (SSSR count). The molecule has 0 fully saturated rings. The van der Waals surface area contributed by atoms with E-state index in [2.05, 4.69) is 156 Å². The summed E-state index contributed by atoms with van der Waals surface area (Å²) in [5, 5.41) is 0. The zero-order valence-corrected chi connectivity index (χ0v) is 27.3. The summed E-state index contributed by atoms with van der Waals surface area (Å²) in [6.07, 6.45) is 20.9. The quantitative estimate of drug-likeness (QED) is 0.292. The molecule has 0 spiro atoms. The van der Waals surface area contributed by atoms with Crippen LogP contribution in [-0.2, 0) is 10.8 Å². The van der Waals surface area contributed by atoms with Crippen molar-refractivity contribution in [1.82, 2.24) is 0 Å². The van der Waals surface area contributed by atoms with Gasteiger partial charge in [-0.1, -0.05) is 108 Å². The Balaban J connectivity index is 1.41. The lowest BCUT2D eigenvalue weighted by molar-refractivity contribution is -0.437. The molecule has 2 aromatic carbocycles. The molecule has 0 radical (unpaired) electrons. The molecule has 1 aliphatic carbocycles. The van der Waals surface area contributed by atoms with Gasteiger partial charge in [0, 0.05) is 47.5 Å². The Morgan fingerprint density at radius 2 is 1.45 bits per heavy atom. The van der Waals surface area contributed by atoms with Gasteiger partial charge in [0.2, 0.25) is 5.69 Å². The van der Waals surface area contributed by atoms with E-state index in [9.17, 15) is 0 Å². The number of allylic oxidation sites excluding steroid dienone is 10. The highest BCUT2D eigenvalue weighted by Crippen LogP contribution is 2.48. The van der Waals surface area contributed by atoms with Crippen LogP contribution < -0.4 is 4.90 Å². The second kappa shape index (κ2) is 11.7. The van der Waals surface area contributed by atoms with Gasteiger partial charge in [0.25, 0.3) is 0 Å². The van der Waals surface area contributed by atoms with Crippen LogP contribution in [0.4, 0.5) is 11.4 Å². The molecule has 2 heterocycles. The largest absolute Gasteiger partial charge is 0.344 e. The molecule has 0 saturated heterocycles. The monoisotopic (exact) mass is 559 g/mol. The molecule has 0 saturated carbocycles. The predicted octanol–water partition coefficient (Wildman–Crippen LogP) is 10.3. The fourth-order valence-electron chi connectivity index (χ4n) is 7.46. The number of nitrogens with zero attached hydrogens (tertiary/aromatic N) is 2. The van der Waals surface area contributed by atoms with E-state index in [4.69, 9.17) is 0 Å². The molecule has 220 valence electrons. The first kappa shape index (κ1) is 30.1. The lowest BCUT2D eigenvalue weighted by atomic mass is 9.75. The number of rotatable bonds is 8. The van der Waals surface area contributed by atoms with Crippen LogP contribution in [-0.4, -0.2) is 23.4 Å². The average molecular weight is 560 g/mol. The summed E-state index contributed by atoms with van der Waals surface area (Å²) >= 11 is 0. The van der Waals surface area contributed by atoms with Gasteiger partial charge in [-0.25, -0.2) is 0 Å². The first-order valence-electron chi connectivity index (χ1n) is 16.1. The molecular weight excluding hydrogens is 508 g/mol. The summed E-state index contributed by atoms with van der Waals surface area (Å²) in [4.78, 5) is 2.53. The standard InChI is InChI=1S/C40H51N2/c1-9-25-41-34-21-13-11-19-32(34)39(5,6)36(41)23-15-17-30-27-31(29-38(3,4)28-30)18-16-24-37-40(7,8)33-20-12-14-22-35(33)42(37)26-10-2/h11-24,27H,9-10,25-26,28-29H2,1-8H3/q+1. The number of fused-ring (bicyclic) bond motifs is 2. The van der Waals surface area contributed by atoms with Crippen LogP contribution in [0.1, 0.15) is 92.2 Å². The minimum Gasteiger partial charge on any atom is -0.344 e. The molecule has 2 nitrogen and oxygen atoms in total. The fraction of sp³-hybridized carbons (Fsp3) is 0.425. The van der Waals surface area contributed by atoms with Crippen LogP contribution in [0, 0.1) is 5.41 Å². The third kappa shape index (κ3) is 5.65. The maximum absolute atomic E-state index is 2.53. The minimum atomic E-state index is 0.00315. The summed E-state index contributed by atoms with van der Waals surface area (Å²) in [6, 6.07) is 17.8. The number of anilines is 1. The van der Waals surface area contributed by atoms with Crippen molar-refractivity contribution in [3.63, 3.8) is 0 Å². The van der Waals surface area contributed by atoms with E-state index in [1.54, 1.807) is 0 Å². The molecule has 2 heteroatoms. The maximum atomic E-state index is 2.53. The van der Waals surface area contributed by atoms with Gasteiger partial charge < -0.3 is 4.90 Å². The lowest BCUT2D eigenvalue weighted by Gasteiger charge is -2.30. The molecular formula is C40H51N2+. The molecule has 2 aliphatic heterocycles. The summed E-state index contributed by atoms with van der Waals surface area (Å²) in [5.74, 6) is 0. The van der Waals surface area contributed by atoms with E-state index in [1.165, 1.54) is 45.1 Å². The molecule has 42 heavy (non-hydrogen) atoms. The Kier molecular flexibility index (Phi) is 8.39. The number of hydrogen-bond acceptors (Lipinski definition) is 1. The SMILES string of the molecule is CCCN1/C(=C/C=C/C2=CC(=C/C=C/C3=[N+](CCC)c4ccccc4C3(C)C)/CC(C)(C)C2)C(C)(C)c2ccccc21. The Bertz CT molecular complexity index is 1520. The number of benzene rings is 2. The van der Waals surface area contributed by atoms with Gasteiger partial charge in [-0.2, -0.15) is 4.58 Å². The van der Waals surface area contributed by atoms with E-state index in [0.717, 1.165) is 38.8 Å². The van der Waals surface area contributed by atoms with E-state index < -0.39 is 0 Å². The highest BCUT2D eigenvalue weighted by molar-refractivity contribution is 6.03. The molecule has 0 atom stereocenters. The van der Waals surface area contributed by atoms with Crippen LogP contribution in [0.5, 0.6) is 0 Å². The number of hydrogen-bond donors (Lipinski definition) is 0. The molecule has 3 aliphatic rings. The molecule has 2 aromatic rings. The molecule has 0 N–H and O–H groups in total. The van der Waals surface area contributed by atoms with Gasteiger partial charge in [-0.05, 0) is 67.4 Å². The van der Waals surface area contributed by atoms with E-state index in [0.29, 0.717) is 0 Å². The Hall–Kier alpha value is -3.39. The van der Waals surface area contributed by atoms with Gasteiger partial charge in [0.1, 0.15) is 6.54 Å². The Labute approximate surface area is 255 Å². The molecule has 0 unspecified atom stereocenters. The van der Waals surface area contributed by atoms with Crippen LogP contribution >= 0.6 is 0 Å². The van der Waals surface area contributed by atoms with Crippen molar-refractivity contribution in [1.29, 1.82) is 0 Å². The van der Waals surface area contributed by atoms with Crippen LogP contribution in [0.25, 0.3) is 0 Å². The van der Waals surface area contributed by atoms with E-state index >= 15 is 0 Å². The van der Waals surface area contributed by atoms with Crippen molar-refractivity contribution in [3.05, 3.63) is 119 Å². The van der Waals surface area contributed by atoms with Crippen molar-refractivity contribution in [2.75, 3.05) is 18.0 Å². The Morgan fingerprint density at radius 1 is 0.762 bits per heavy atom. The van der Waals surface area contributed by atoms with Gasteiger partial charge in [0.05, 0.1) is 5.41 Å². The zero-order valence-electron chi connectivity index (χ0n) is 27.3. The smallest absolute Gasteiger partial charge is 0.209 e. The van der Waals surface area contributed by atoms with Crippen molar-refractivity contribution < 1.29 is 4.58 Å². The third-order valence-corrected chi connectivity index (χ3v) is 9.36. The average Bonchev–Trinajstić information content (AvgIpc) is 3.28.